The number of halogens is 2. The van der Waals surface area contributed by atoms with Gasteiger partial charge in [-0.05, 0) is 54.7 Å². The Labute approximate surface area is 178 Å². The second kappa shape index (κ2) is 9.55. The summed E-state index contributed by atoms with van der Waals surface area (Å²) < 4.78 is 5.75. The number of amides is 1. The van der Waals surface area contributed by atoms with E-state index < -0.39 is 0 Å². The van der Waals surface area contributed by atoms with Crippen LogP contribution in [0.1, 0.15) is 15.9 Å². The molecule has 0 heterocycles. The van der Waals surface area contributed by atoms with E-state index in [1.165, 1.54) is 0 Å². The first-order valence-corrected chi connectivity index (χ1v) is 9.52. The third-order valence-corrected chi connectivity index (χ3v) is 4.60. The van der Waals surface area contributed by atoms with Gasteiger partial charge in [0.05, 0.1) is 10.7 Å². The number of carbonyl (C=O) groups excluding carboxylic acids is 1. The molecule has 7 heteroatoms. The normalized spacial score (nSPS) is 10.2. The van der Waals surface area contributed by atoms with Crippen molar-refractivity contribution >= 4 is 52.1 Å². The van der Waals surface area contributed by atoms with Crippen LogP contribution in [0, 0.1) is 0 Å². The maximum absolute atomic E-state index is 12.7. The molecule has 4 nitrogen and oxygen atoms in total. The van der Waals surface area contributed by atoms with Gasteiger partial charge in [0.15, 0.2) is 5.11 Å². The summed E-state index contributed by atoms with van der Waals surface area (Å²) in [6.45, 7) is 0.232. The van der Waals surface area contributed by atoms with Crippen LogP contribution in [0.4, 0.5) is 5.69 Å². The standard InChI is InChI=1S/C21H16Cl2N2O2S/c22-15-9-11-16(12-10-15)27-13-14-5-1-2-6-17(14)20(26)25-21(28)24-19-8-4-3-7-18(19)23/h1-12H,13H2,(H2,24,25,26,28). The quantitative estimate of drug-likeness (QED) is 0.509. The molecule has 28 heavy (non-hydrogen) atoms. The molecule has 0 aliphatic carbocycles. The number of hydrogen-bond donors (Lipinski definition) is 2. The molecule has 1 amide bonds. The molecule has 0 aromatic heterocycles. The van der Waals surface area contributed by atoms with Crippen LogP contribution in [0.25, 0.3) is 0 Å². The molecule has 0 unspecified atom stereocenters. The number of carbonyl (C=O) groups is 1. The van der Waals surface area contributed by atoms with Crippen LogP contribution in [0.15, 0.2) is 72.8 Å². The lowest BCUT2D eigenvalue weighted by atomic mass is 10.1. The van der Waals surface area contributed by atoms with E-state index >= 15 is 0 Å². The highest BCUT2D eigenvalue weighted by atomic mass is 35.5. The van der Waals surface area contributed by atoms with Crippen LogP contribution in [0.2, 0.25) is 10.0 Å². The molecule has 3 rings (SSSR count). The fourth-order valence-electron chi connectivity index (χ4n) is 2.45. The number of para-hydroxylation sites is 1. The lowest BCUT2D eigenvalue weighted by Gasteiger charge is -2.13. The van der Waals surface area contributed by atoms with Gasteiger partial charge in [-0.15, -0.1) is 0 Å². The van der Waals surface area contributed by atoms with E-state index in [0.717, 1.165) is 5.56 Å². The lowest BCUT2D eigenvalue weighted by molar-refractivity contribution is 0.0975. The zero-order valence-corrected chi connectivity index (χ0v) is 16.9. The van der Waals surface area contributed by atoms with Crippen molar-refractivity contribution in [3.05, 3.63) is 94.0 Å². The van der Waals surface area contributed by atoms with Crippen LogP contribution >= 0.6 is 35.4 Å². The number of thiocarbonyl (C=S) groups is 1. The Bertz CT molecular complexity index is 994. The first kappa shape index (κ1) is 20.1. The molecule has 2 N–H and O–H groups in total. The van der Waals surface area contributed by atoms with Crippen molar-refractivity contribution in [1.29, 1.82) is 0 Å². The van der Waals surface area contributed by atoms with Crippen LogP contribution in [0.3, 0.4) is 0 Å². The molecule has 0 spiro atoms. The minimum Gasteiger partial charge on any atom is -0.489 e. The molecule has 0 aliphatic rings. The Morgan fingerprint density at radius 3 is 2.36 bits per heavy atom. The number of benzene rings is 3. The zero-order valence-electron chi connectivity index (χ0n) is 14.6. The SMILES string of the molecule is O=C(NC(=S)Nc1ccccc1Cl)c1ccccc1COc1ccc(Cl)cc1. The van der Waals surface area contributed by atoms with Crippen LogP contribution in [-0.4, -0.2) is 11.0 Å². The van der Waals surface area contributed by atoms with Crippen molar-refractivity contribution in [3.8, 4) is 5.75 Å². The molecule has 142 valence electrons. The monoisotopic (exact) mass is 430 g/mol. The third kappa shape index (κ3) is 5.45. The van der Waals surface area contributed by atoms with Crippen molar-refractivity contribution < 1.29 is 9.53 Å². The molecule has 0 bridgehead atoms. The summed E-state index contributed by atoms with van der Waals surface area (Å²) in [7, 11) is 0. The number of hydrogen-bond acceptors (Lipinski definition) is 3. The van der Waals surface area contributed by atoms with Gasteiger partial charge in [-0.3, -0.25) is 10.1 Å². The summed E-state index contributed by atoms with van der Waals surface area (Å²) in [5.74, 6) is 0.329. The topological polar surface area (TPSA) is 50.4 Å². The highest BCUT2D eigenvalue weighted by Crippen LogP contribution is 2.21. The fourth-order valence-corrected chi connectivity index (χ4v) is 2.96. The highest BCUT2D eigenvalue weighted by Gasteiger charge is 2.13. The fraction of sp³-hybridized carbons (Fsp3) is 0.0476. The number of nitrogens with one attached hydrogen (secondary N) is 2. The van der Waals surface area contributed by atoms with Gasteiger partial charge in [-0.1, -0.05) is 53.5 Å². The van der Waals surface area contributed by atoms with Gasteiger partial charge in [0.2, 0.25) is 0 Å². The van der Waals surface area contributed by atoms with E-state index in [0.29, 0.717) is 27.0 Å². The smallest absolute Gasteiger partial charge is 0.257 e. The van der Waals surface area contributed by atoms with Crippen LogP contribution in [0.5, 0.6) is 5.75 Å². The third-order valence-electron chi connectivity index (χ3n) is 3.82. The Hall–Kier alpha value is -2.60. The largest absolute Gasteiger partial charge is 0.489 e. The van der Waals surface area contributed by atoms with E-state index in [1.54, 1.807) is 48.5 Å². The van der Waals surface area contributed by atoms with E-state index in [2.05, 4.69) is 10.6 Å². The number of anilines is 1. The van der Waals surface area contributed by atoms with Gasteiger partial charge in [0.25, 0.3) is 5.91 Å². The molecule has 0 radical (unpaired) electrons. The summed E-state index contributed by atoms with van der Waals surface area (Å²) in [6, 6.07) is 21.3. The lowest BCUT2D eigenvalue weighted by Crippen LogP contribution is -2.34. The maximum atomic E-state index is 12.7. The molecule has 0 atom stereocenters. The molecule has 0 saturated heterocycles. The molecule has 0 saturated carbocycles. The summed E-state index contributed by atoms with van der Waals surface area (Å²) in [5, 5.41) is 6.89. The van der Waals surface area contributed by atoms with Crippen molar-refractivity contribution in [2.45, 2.75) is 6.61 Å². The Balaban J connectivity index is 1.65. The second-order valence-electron chi connectivity index (χ2n) is 5.79. The van der Waals surface area contributed by atoms with Crippen molar-refractivity contribution in [2.75, 3.05) is 5.32 Å². The molecule has 3 aromatic rings. The zero-order chi connectivity index (χ0) is 19.9. The summed E-state index contributed by atoms with van der Waals surface area (Å²) in [6.07, 6.45) is 0. The predicted molar refractivity (Wildman–Crippen MR) is 117 cm³/mol. The van der Waals surface area contributed by atoms with E-state index in [4.69, 9.17) is 40.2 Å². The molecular formula is C21H16Cl2N2O2S. The second-order valence-corrected chi connectivity index (χ2v) is 7.04. The number of rotatable bonds is 5. The molecular weight excluding hydrogens is 415 g/mol. The first-order chi connectivity index (χ1) is 13.5. The van der Waals surface area contributed by atoms with Crippen molar-refractivity contribution in [1.82, 2.24) is 5.32 Å². The van der Waals surface area contributed by atoms with Crippen LogP contribution in [-0.2, 0) is 6.61 Å². The molecule has 3 aromatic carbocycles. The van der Waals surface area contributed by atoms with E-state index in [1.807, 2.05) is 24.3 Å². The van der Waals surface area contributed by atoms with Gasteiger partial charge in [0, 0.05) is 16.1 Å². The Morgan fingerprint density at radius 1 is 0.929 bits per heavy atom. The van der Waals surface area contributed by atoms with Gasteiger partial charge >= 0.3 is 0 Å². The Morgan fingerprint density at radius 2 is 1.61 bits per heavy atom. The minimum absolute atomic E-state index is 0.159. The molecule has 0 fully saturated rings. The summed E-state index contributed by atoms with van der Waals surface area (Å²) in [5.41, 5.74) is 1.82. The molecule has 0 aliphatic heterocycles. The van der Waals surface area contributed by atoms with Gasteiger partial charge in [-0.2, -0.15) is 0 Å². The van der Waals surface area contributed by atoms with E-state index in [-0.39, 0.29) is 17.6 Å². The predicted octanol–water partition coefficient (Wildman–Crippen LogP) is 5.70. The van der Waals surface area contributed by atoms with E-state index in [9.17, 15) is 4.79 Å². The van der Waals surface area contributed by atoms with Gasteiger partial charge in [0.1, 0.15) is 12.4 Å². The number of ether oxygens (including phenoxy) is 1. The average Bonchev–Trinajstić information content (AvgIpc) is 2.69. The average molecular weight is 431 g/mol. The minimum atomic E-state index is -0.333. The summed E-state index contributed by atoms with van der Waals surface area (Å²) >= 11 is 17.2. The van der Waals surface area contributed by atoms with Crippen molar-refractivity contribution in [3.63, 3.8) is 0 Å². The van der Waals surface area contributed by atoms with Crippen LogP contribution < -0.4 is 15.4 Å². The Kier molecular flexibility index (Phi) is 6.87. The van der Waals surface area contributed by atoms with Gasteiger partial charge in [-0.25, -0.2) is 0 Å². The highest BCUT2D eigenvalue weighted by molar-refractivity contribution is 7.80. The maximum Gasteiger partial charge on any atom is 0.257 e. The van der Waals surface area contributed by atoms with Crippen molar-refractivity contribution in [2.24, 2.45) is 0 Å². The summed E-state index contributed by atoms with van der Waals surface area (Å²) in [4.78, 5) is 12.7. The van der Waals surface area contributed by atoms with Gasteiger partial charge < -0.3 is 10.1 Å². The first-order valence-electron chi connectivity index (χ1n) is 8.36.